The van der Waals surface area contributed by atoms with E-state index in [9.17, 15) is 9.90 Å². The van der Waals surface area contributed by atoms with Gasteiger partial charge in [-0.05, 0) is 37.0 Å². The molecule has 2 atom stereocenters. The second kappa shape index (κ2) is 10.2. The summed E-state index contributed by atoms with van der Waals surface area (Å²) in [5.41, 5.74) is 1.36. The zero-order chi connectivity index (χ0) is 18.9. The predicted octanol–water partition coefficient (Wildman–Crippen LogP) is 4.45. The normalized spacial score (nSPS) is 13.1. The smallest absolute Gasteiger partial charge is 0.255 e. The molecule has 0 fully saturated rings. The molecule has 0 spiro atoms. The highest BCUT2D eigenvalue weighted by molar-refractivity contribution is 6.31. The topological polar surface area (TPSA) is 58.6 Å². The number of aliphatic hydroxyl groups excluding tert-OH is 1. The van der Waals surface area contributed by atoms with Crippen LogP contribution in [0.15, 0.2) is 48.5 Å². The summed E-state index contributed by atoms with van der Waals surface area (Å²) in [6.45, 7) is 4.40. The van der Waals surface area contributed by atoms with Crippen molar-refractivity contribution in [1.29, 1.82) is 0 Å². The van der Waals surface area contributed by atoms with Crippen molar-refractivity contribution < 1.29 is 14.6 Å². The van der Waals surface area contributed by atoms with Crippen LogP contribution in [0, 0.1) is 5.92 Å². The first kappa shape index (κ1) is 20.3. The maximum absolute atomic E-state index is 12.7. The van der Waals surface area contributed by atoms with Crippen LogP contribution in [-0.2, 0) is 6.61 Å². The van der Waals surface area contributed by atoms with Crippen molar-refractivity contribution in [3.05, 3.63) is 64.7 Å². The van der Waals surface area contributed by atoms with E-state index in [4.69, 9.17) is 16.3 Å². The Labute approximate surface area is 160 Å². The molecule has 2 aromatic carbocycles. The number of aliphatic hydroxyl groups is 1. The maximum atomic E-state index is 12.7. The summed E-state index contributed by atoms with van der Waals surface area (Å²) < 4.78 is 5.86. The molecular weight excluding hydrogens is 350 g/mol. The minimum absolute atomic E-state index is 0.0151. The summed E-state index contributed by atoms with van der Waals surface area (Å²) in [6.07, 6.45) is 1.54. The van der Waals surface area contributed by atoms with Crippen LogP contribution in [-0.4, -0.2) is 23.7 Å². The van der Waals surface area contributed by atoms with Crippen molar-refractivity contribution in [2.75, 3.05) is 6.61 Å². The number of hydrogen-bond donors (Lipinski definition) is 2. The maximum Gasteiger partial charge on any atom is 0.255 e. The quantitative estimate of drug-likeness (QED) is 0.680. The van der Waals surface area contributed by atoms with E-state index in [1.807, 2.05) is 50.2 Å². The number of para-hydroxylation sites is 1. The Bertz CT molecular complexity index is 720. The Morgan fingerprint density at radius 2 is 1.88 bits per heavy atom. The van der Waals surface area contributed by atoms with Crippen LogP contribution < -0.4 is 10.1 Å². The molecule has 0 heterocycles. The lowest BCUT2D eigenvalue weighted by Gasteiger charge is -2.21. The van der Waals surface area contributed by atoms with Gasteiger partial charge < -0.3 is 15.2 Å². The summed E-state index contributed by atoms with van der Waals surface area (Å²) in [6, 6.07) is 14.7. The van der Waals surface area contributed by atoms with Crippen LogP contribution in [0.1, 0.15) is 42.6 Å². The Hall–Kier alpha value is -2.04. The van der Waals surface area contributed by atoms with E-state index in [1.54, 1.807) is 12.1 Å². The highest BCUT2D eigenvalue weighted by Gasteiger charge is 2.18. The second-order valence-corrected chi connectivity index (χ2v) is 6.89. The van der Waals surface area contributed by atoms with Crippen LogP contribution >= 0.6 is 11.6 Å². The monoisotopic (exact) mass is 375 g/mol. The van der Waals surface area contributed by atoms with Crippen LogP contribution in [0.4, 0.5) is 0 Å². The van der Waals surface area contributed by atoms with Gasteiger partial charge in [0.15, 0.2) is 0 Å². The minimum atomic E-state index is -0.170. The van der Waals surface area contributed by atoms with Gasteiger partial charge in [-0.3, -0.25) is 4.79 Å². The van der Waals surface area contributed by atoms with E-state index in [-0.39, 0.29) is 24.5 Å². The van der Waals surface area contributed by atoms with E-state index >= 15 is 0 Å². The van der Waals surface area contributed by atoms with Crippen molar-refractivity contribution >= 4 is 17.5 Å². The van der Waals surface area contributed by atoms with E-state index in [0.717, 1.165) is 18.4 Å². The Kier molecular flexibility index (Phi) is 7.95. The van der Waals surface area contributed by atoms with Gasteiger partial charge in [0.05, 0.1) is 5.56 Å². The summed E-state index contributed by atoms with van der Waals surface area (Å²) in [7, 11) is 0. The fraction of sp³-hybridized carbons (Fsp3) is 0.381. The lowest BCUT2D eigenvalue weighted by atomic mass is 10.0. The third-order valence-corrected chi connectivity index (χ3v) is 4.67. The fourth-order valence-corrected chi connectivity index (χ4v) is 2.89. The van der Waals surface area contributed by atoms with Gasteiger partial charge in [0.25, 0.3) is 5.91 Å². The van der Waals surface area contributed by atoms with E-state index in [0.29, 0.717) is 22.9 Å². The molecule has 0 radical (unpaired) electrons. The summed E-state index contributed by atoms with van der Waals surface area (Å²) in [4.78, 5) is 12.7. The van der Waals surface area contributed by atoms with Gasteiger partial charge in [0.1, 0.15) is 12.4 Å². The Balaban J connectivity index is 2.07. The van der Waals surface area contributed by atoms with Crippen molar-refractivity contribution in [3.63, 3.8) is 0 Å². The first-order valence-corrected chi connectivity index (χ1v) is 9.29. The van der Waals surface area contributed by atoms with E-state index in [2.05, 4.69) is 5.32 Å². The number of halogens is 1. The molecule has 4 nitrogen and oxygen atoms in total. The average molecular weight is 376 g/mol. The highest BCUT2D eigenvalue weighted by atomic mass is 35.5. The molecule has 140 valence electrons. The van der Waals surface area contributed by atoms with Gasteiger partial charge in [0, 0.05) is 23.2 Å². The third-order valence-electron chi connectivity index (χ3n) is 4.30. The number of ether oxygens (including phenoxy) is 1. The standard InChI is InChI=1S/C21H26ClNO3/c1-3-17(12-15(2)13-24)23-21(25)18-9-5-7-11-20(18)26-14-16-8-4-6-10-19(16)22/h4-11,15,17,24H,3,12-14H2,1-2H3,(H,23,25)/t15-,17-/m1/s1. The van der Waals surface area contributed by atoms with Crippen LogP contribution in [0.5, 0.6) is 5.75 Å². The average Bonchev–Trinajstić information content (AvgIpc) is 2.66. The first-order chi connectivity index (χ1) is 12.5. The summed E-state index contributed by atoms with van der Waals surface area (Å²) >= 11 is 6.16. The van der Waals surface area contributed by atoms with Crippen molar-refractivity contribution in [1.82, 2.24) is 5.32 Å². The molecule has 0 aliphatic carbocycles. The number of nitrogens with one attached hydrogen (secondary N) is 1. The molecule has 2 aromatic rings. The number of carbonyl (C=O) groups excluding carboxylic acids is 1. The van der Waals surface area contributed by atoms with Crippen LogP contribution in [0.3, 0.4) is 0 Å². The molecule has 0 unspecified atom stereocenters. The lowest BCUT2D eigenvalue weighted by Crippen LogP contribution is -2.36. The number of carbonyl (C=O) groups is 1. The number of benzene rings is 2. The molecule has 0 aliphatic rings. The lowest BCUT2D eigenvalue weighted by molar-refractivity contribution is 0.0921. The second-order valence-electron chi connectivity index (χ2n) is 6.48. The van der Waals surface area contributed by atoms with E-state index in [1.165, 1.54) is 0 Å². The number of hydrogen-bond acceptors (Lipinski definition) is 3. The number of amides is 1. The molecule has 0 bridgehead atoms. The summed E-state index contributed by atoms with van der Waals surface area (Å²) in [5, 5.41) is 12.9. The van der Waals surface area contributed by atoms with Crippen molar-refractivity contribution in [2.24, 2.45) is 5.92 Å². The molecule has 0 saturated heterocycles. The third kappa shape index (κ3) is 5.75. The van der Waals surface area contributed by atoms with Gasteiger partial charge in [0.2, 0.25) is 0 Å². The number of rotatable bonds is 9. The Morgan fingerprint density at radius 3 is 2.58 bits per heavy atom. The van der Waals surface area contributed by atoms with Gasteiger partial charge in [-0.15, -0.1) is 0 Å². The minimum Gasteiger partial charge on any atom is -0.488 e. The fourth-order valence-electron chi connectivity index (χ4n) is 2.70. The molecular formula is C21H26ClNO3. The SMILES string of the molecule is CC[C@H](C[C@@H](C)CO)NC(=O)c1ccccc1OCc1ccccc1Cl. The van der Waals surface area contributed by atoms with E-state index < -0.39 is 0 Å². The zero-order valence-corrected chi connectivity index (χ0v) is 16.0. The highest BCUT2D eigenvalue weighted by Crippen LogP contribution is 2.22. The molecule has 0 aliphatic heterocycles. The molecule has 5 heteroatoms. The van der Waals surface area contributed by atoms with Gasteiger partial charge in [-0.25, -0.2) is 0 Å². The van der Waals surface area contributed by atoms with Crippen molar-refractivity contribution in [2.45, 2.75) is 39.3 Å². The molecule has 26 heavy (non-hydrogen) atoms. The Morgan fingerprint density at radius 1 is 1.19 bits per heavy atom. The van der Waals surface area contributed by atoms with Gasteiger partial charge >= 0.3 is 0 Å². The molecule has 0 aromatic heterocycles. The van der Waals surface area contributed by atoms with Crippen molar-refractivity contribution in [3.8, 4) is 5.75 Å². The molecule has 2 rings (SSSR count). The summed E-state index contributed by atoms with van der Waals surface area (Å²) in [5.74, 6) is 0.499. The molecule has 2 N–H and O–H groups in total. The molecule has 1 amide bonds. The van der Waals surface area contributed by atoms with Gasteiger partial charge in [-0.2, -0.15) is 0 Å². The van der Waals surface area contributed by atoms with Crippen LogP contribution in [0.2, 0.25) is 5.02 Å². The van der Waals surface area contributed by atoms with Crippen LogP contribution in [0.25, 0.3) is 0 Å². The zero-order valence-electron chi connectivity index (χ0n) is 15.2. The van der Waals surface area contributed by atoms with Gasteiger partial charge in [-0.1, -0.05) is 55.8 Å². The largest absolute Gasteiger partial charge is 0.488 e. The predicted molar refractivity (Wildman–Crippen MR) is 105 cm³/mol. The first-order valence-electron chi connectivity index (χ1n) is 8.92. The molecule has 0 saturated carbocycles.